The summed E-state index contributed by atoms with van der Waals surface area (Å²) in [6.07, 6.45) is -3.92. The molecule has 1 heterocycles. The molecule has 108 valence electrons. The number of nitrogens with zero attached hydrogens (tertiary/aromatic N) is 2. The van der Waals surface area contributed by atoms with Crippen LogP contribution in [0, 0.1) is 0 Å². The standard InChI is InChI=1S/C12H12F3N3OS/c1-2-10-17-11(20-18-10)19-9-4-3-7(6-16)5-8(9)12(13,14)15/h3-5H,2,6,16H2,1H3. The van der Waals surface area contributed by atoms with Gasteiger partial charge in [0.1, 0.15) is 11.6 Å². The van der Waals surface area contributed by atoms with Crippen molar-refractivity contribution in [2.24, 2.45) is 5.73 Å². The van der Waals surface area contributed by atoms with Gasteiger partial charge in [0, 0.05) is 24.5 Å². The maximum Gasteiger partial charge on any atom is 0.419 e. The average Bonchev–Trinajstić information content (AvgIpc) is 2.85. The Balaban J connectivity index is 2.35. The van der Waals surface area contributed by atoms with Crippen LogP contribution in [-0.2, 0) is 19.1 Å². The van der Waals surface area contributed by atoms with Gasteiger partial charge in [-0.1, -0.05) is 13.0 Å². The van der Waals surface area contributed by atoms with E-state index in [0.717, 1.165) is 17.6 Å². The van der Waals surface area contributed by atoms with E-state index in [1.807, 2.05) is 6.92 Å². The van der Waals surface area contributed by atoms with Crippen molar-refractivity contribution in [3.05, 3.63) is 35.2 Å². The highest BCUT2D eigenvalue weighted by atomic mass is 32.1. The molecule has 4 nitrogen and oxygen atoms in total. The van der Waals surface area contributed by atoms with Crippen LogP contribution in [0.1, 0.15) is 23.9 Å². The summed E-state index contributed by atoms with van der Waals surface area (Å²) in [5.41, 5.74) is 4.88. The molecular formula is C12H12F3N3OS. The summed E-state index contributed by atoms with van der Waals surface area (Å²) in [5, 5.41) is 0.0906. The zero-order valence-electron chi connectivity index (χ0n) is 10.6. The normalized spacial score (nSPS) is 11.7. The lowest BCUT2D eigenvalue weighted by molar-refractivity contribution is -0.138. The second kappa shape index (κ2) is 5.76. The largest absolute Gasteiger partial charge is 0.429 e. The van der Waals surface area contributed by atoms with Gasteiger partial charge in [0.2, 0.25) is 0 Å². The minimum absolute atomic E-state index is 0.0299. The number of hydrogen-bond acceptors (Lipinski definition) is 5. The van der Waals surface area contributed by atoms with Crippen LogP contribution in [0.15, 0.2) is 18.2 Å². The summed E-state index contributed by atoms with van der Waals surface area (Å²) in [7, 11) is 0. The minimum atomic E-state index is -4.52. The summed E-state index contributed by atoms with van der Waals surface area (Å²) in [5.74, 6) is 0.241. The highest BCUT2D eigenvalue weighted by Gasteiger charge is 2.35. The molecule has 20 heavy (non-hydrogen) atoms. The first kappa shape index (κ1) is 14.7. The Labute approximate surface area is 117 Å². The highest BCUT2D eigenvalue weighted by molar-refractivity contribution is 7.07. The van der Waals surface area contributed by atoms with Gasteiger partial charge in [-0.3, -0.25) is 0 Å². The van der Waals surface area contributed by atoms with Crippen LogP contribution in [-0.4, -0.2) is 9.36 Å². The third-order valence-electron chi connectivity index (χ3n) is 2.55. The van der Waals surface area contributed by atoms with Crippen molar-refractivity contribution >= 4 is 11.5 Å². The van der Waals surface area contributed by atoms with Gasteiger partial charge in [-0.15, -0.1) is 0 Å². The number of alkyl halides is 3. The monoisotopic (exact) mass is 303 g/mol. The van der Waals surface area contributed by atoms with Gasteiger partial charge in [-0.25, -0.2) is 0 Å². The van der Waals surface area contributed by atoms with E-state index < -0.39 is 11.7 Å². The summed E-state index contributed by atoms with van der Waals surface area (Å²) in [6, 6.07) is 3.72. The van der Waals surface area contributed by atoms with Gasteiger partial charge in [0.05, 0.1) is 5.56 Å². The molecule has 2 aromatic rings. The number of aromatic nitrogens is 2. The van der Waals surface area contributed by atoms with Crippen LogP contribution in [0.4, 0.5) is 13.2 Å². The topological polar surface area (TPSA) is 61.0 Å². The van der Waals surface area contributed by atoms with Crippen LogP contribution in [0.2, 0.25) is 0 Å². The Morgan fingerprint density at radius 3 is 2.65 bits per heavy atom. The second-order valence-corrected chi connectivity index (χ2v) is 4.68. The average molecular weight is 303 g/mol. The van der Waals surface area contributed by atoms with Crippen LogP contribution in [0.5, 0.6) is 10.9 Å². The van der Waals surface area contributed by atoms with Gasteiger partial charge in [-0.05, 0) is 17.7 Å². The van der Waals surface area contributed by atoms with Crippen molar-refractivity contribution in [3.63, 3.8) is 0 Å². The molecule has 0 aliphatic heterocycles. The minimum Gasteiger partial charge on any atom is -0.429 e. The maximum absolute atomic E-state index is 13.0. The first-order chi connectivity index (χ1) is 9.44. The Kier molecular flexibility index (Phi) is 4.24. The molecule has 2 rings (SSSR count). The molecule has 2 N–H and O–H groups in total. The van der Waals surface area contributed by atoms with Crippen LogP contribution in [0.3, 0.4) is 0 Å². The lowest BCUT2D eigenvalue weighted by Crippen LogP contribution is -2.09. The molecule has 0 saturated carbocycles. The third-order valence-corrected chi connectivity index (χ3v) is 3.18. The van der Waals surface area contributed by atoms with Crippen molar-refractivity contribution in [3.8, 4) is 10.9 Å². The molecule has 0 fully saturated rings. The van der Waals surface area contributed by atoms with Crippen LogP contribution in [0.25, 0.3) is 0 Å². The van der Waals surface area contributed by atoms with E-state index in [-0.39, 0.29) is 17.5 Å². The Bertz CT molecular complexity index is 598. The van der Waals surface area contributed by atoms with E-state index in [9.17, 15) is 13.2 Å². The number of ether oxygens (including phenoxy) is 1. The van der Waals surface area contributed by atoms with Crippen molar-refractivity contribution in [1.82, 2.24) is 9.36 Å². The van der Waals surface area contributed by atoms with Gasteiger partial charge in [0.15, 0.2) is 0 Å². The van der Waals surface area contributed by atoms with E-state index in [2.05, 4.69) is 9.36 Å². The van der Waals surface area contributed by atoms with Gasteiger partial charge < -0.3 is 10.5 Å². The summed E-state index contributed by atoms with van der Waals surface area (Å²) >= 11 is 0.923. The number of halogens is 3. The molecular weight excluding hydrogens is 291 g/mol. The smallest absolute Gasteiger partial charge is 0.419 e. The van der Waals surface area contributed by atoms with Gasteiger partial charge in [-0.2, -0.15) is 22.5 Å². The van der Waals surface area contributed by atoms with E-state index in [1.54, 1.807) is 0 Å². The first-order valence-corrected chi connectivity index (χ1v) is 6.62. The molecule has 1 aromatic heterocycles. The SMILES string of the molecule is CCc1nsc(Oc2ccc(CN)cc2C(F)(F)F)n1. The molecule has 0 amide bonds. The summed E-state index contributed by atoms with van der Waals surface area (Å²) in [4.78, 5) is 3.98. The number of benzene rings is 1. The molecule has 1 aromatic carbocycles. The number of hydrogen-bond donors (Lipinski definition) is 1. The number of nitrogens with two attached hydrogens (primary N) is 1. The number of aryl methyl sites for hydroxylation is 1. The fourth-order valence-electron chi connectivity index (χ4n) is 1.53. The fraction of sp³-hybridized carbons (Fsp3) is 0.333. The Morgan fingerprint density at radius 1 is 1.35 bits per heavy atom. The molecule has 0 aliphatic rings. The second-order valence-electron chi connectivity index (χ2n) is 3.96. The predicted octanol–water partition coefficient (Wildman–Crippen LogP) is 3.37. The molecule has 0 spiro atoms. The molecule has 0 bridgehead atoms. The van der Waals surface area contributed by atoms with Crippen molar-refractivity contribution in [2.75, 3.05) is 0 Å². The van der Waals surface area contributed by atoms with E-state index >= 15 is 0 Å². The third kappa shape index (κ3) is 3.26. The molecule has 0 radical (unpaired) electrons. The molecule has 8 heteroatoms. The summed E-state index contributed by atoms with van der Waals surface area (Å²) < 4.78 is 48.1. The summed E-state index contributed by atoms with van der Waals surface area (Å²) in [6.45, 7) is 1.88. The first-order valence-electron chi connectivity index (χ1n) is 5.84. The lowest BCUT2D eigenvalue weighted by atomic mass is 10.1. The zero-order valence-corrected chi connectivity index (χ0v) is 11.4. The Hall–Kier alpha value is -1.67. The van der Waals surface area contributed by atoms with Crippen LogP contribution < -0.4 is 10.5 Å². The molecule has 0 saturated heterocycles. The van der Waals surface area contributed by atoms with Crippen molar-refractivity contribution in [1.29, 1.82) is 0 Å². The zero-order chi connectivity index (χ0) is 14.8. The van der Waals surface area contributed by atoms with E-state index in [0.29, 0.717) is 17.8 Å². The molecule has 0 unspecified atom stereocenters. The van der Waals surface area contributed by atoms with E-state index in [4.69, 9.17) is 10.5 Å². The highest BCUT2D eigenvalue weighted by Crippen LogP contribution is 2.38. The predicted molar refractivity (Wildman–Crippen MR) is 68.7 cm³/mol. The number of rotatable bonds is 4. The molecule has 0 aliphatic carbocycles. The molecule has 0 atom stereocenters. The van der Waals surface area contributed by atoms with Gasteiger partial charge in [0.25, 0.3) is 5.19 Å². The van der Waals surface area contributed by atoms with E-state index in [1.165, 1.54) is 12.1 Å². The van der Waals surface area contributed by atoms with Crippen LogP contribution >= 0.6 is 11.5 Å². The Morgan fingerprint density at radius 2 is 2.10 bits per heavy atom. The van der Waals surface area contributed by atoms with Gasteiger partial charge >= 0.3 is 6.18 Å². The fourth-order valence-corrected chi connectivity index (χ4v) is 2.16. The van der Waals surface area contributed by atoms with Crippen molar-refractivity contribution < 1.29 is 17.9 Å². The van der Waals surface area contributed by atoms with Crippen molar-refractivity contribution in [2.45, 2.75) is 26.1 Å². The quantitative estimate of drug-likeness (QED) is 0.940. The lowest BCUT2D eigenvalue weighted by Gasteiger charge is -2.13. The maximum atomic E-state index is 13.0.